The van der Waals surface area contributed by atoms with E-state index in [9.17, 15) is 9.59 Å². The number of hydrogen-bond donors (Lipinski definition) is 1. The van der Waals surface area contributed by atoms with Gasteiger partial charge in [-0.05, 0) is 24.3 Å². The second-order valence-corrected chi connectivity index (χ2v) is 7.25. The lowest BCUT2D eigenvalue weighted by Gasteiger charge is -2.22. The molecule has 2 aromatic rings. The summed E-state index contributed by atoms with van der Waals surface area (Å²) in [5, 5.41) is 7.09. The lowest BCUT2D eigenvalue weighted by Crippen LogP contribution is -2.45. The fraction of sp³-hybridized carbons (Fsp3) is 0.450. The Morgan fingerprint density at radius 1 is 1.31 bits per heavy atom. The van der Waals surface area contributed by atoms with Crippen molar-refractivity contribution in [3.63, 3.8) is 0 Å². The lowest BCUT2D eigenvalue weighted by atomic mass is 9.88. The first kappa shape index (κ1) is 18.2. The van der Waals surface area contributed by atoms with Gasteiger partial charge in [-0.25, -0.2) is 0 Å². The second-order valence-electron chi connectivity index (χ2n) is 7.25. The average molecular weight is 354 g/mol. The van der Waals surface area contributed by atoms with Gasteiger partial charge in [-0.15, -0.1) is 0 Å². The van der Waals surface area contributed by atoms with Crippen molar-refractivity contribution in [2.75, 3.05) is 11.4 Å². The van der Waals surface area contributed by atoms with Gasteiger partial charge in [-0.3, -0.25) is 14.3 Å². The molecule has 138 valence electrons. The SMILES string of the molecule is CC(C)C(Cc1ccccc1)C(=O)NC1CCN(c2cnn(C)c2)C1=O. The number of aryl methyl sites for hydroxylation is 1. The Balaban J connectivity index is 1.65. The number of amides is 2. The molecule has 1 saturated heterocycles. The Morgan fingerprint density at radius 2 is 2.04 bits per heavy atom. The molecule has 1 N–H and O–H groups in total. The standard InChI is InChI=1S/C20H26N4O2/c1-14(2)17(11-15-7-5-4-6-8-15)19(25)22-18-9-10-24(20(18)26)16-12-21-23(3)13-16/h4-8,12-14,17-18H,9-11H2,1-3H3,(H,22,25). The van der Waals surface area contributed by atoms with Gasteiger partial charge in [0.25, 0.3) is 0 Å². The van der Waals surface area contributed by atoms with Gasteiger partial charge in [-0.1, -0.05) is 44.2 Å². The topological polar surface area (TPSA) is 67.2 Å². The summed E-state index contributed by atoms with van der Waals surface area (Å²) in [6, 6.07) is 9.55. The first-order valence-electron chi connectivity index (χ1n) is 9.10. The van der Waals surface area contributed by atoms with Gasteiger partial charge >= 0.3 is 0 Å². The molecule has 3 rings (SSSR count). The number of rotatable bonds is 6. The normalized spacial score (nSPS) is 18.4. The molecule has 1 aliphatic heterocycles. The summed E-state index contributed by atoms with van der Waals surface area (Å²) >= 11 is 0. The van der Waals surface area contributed by atoms with Crippen molar-refractivity contribution in [2.24, 2.45) is 18.9 Å². The molecule has 2 heterocycles. The van der Waals surface area contributed by atoms with Gasteiger partial charge in [0.2, 0.25) is 11.8 Å². The molecule has 0 bridgehead atoms. The maximum Gasteiger partial charge on any atom is 0.249 e. The summed E-state index contributed by atoms with van der Waals surface area (Å²) in [7, 11) is 1.82. The zero-order chi connectivity index (χ0) is 18.7. The van der Waals surface area contributed by atoms with Crippen LogP contribution in [-0.2, 0) is 23.1 Å². The van der Waals surface area contributed by atoms with Gasteiger partial charge in [0, 0.05) is 25.7 Å². The maximum atomic E-state index is 12.8. The maximum absolute atomic E-state index is 12.8. The molecule has 1 aromatic carbocycles. The predicted molar refractivity (Wildman–Crippen MR) is 101 cm³/mol. The number of aromatic nitrogens is 2. The first-order valence-corrected chi connectivity index (χ1v) is 9.10. The number of anilines is 1. The number of nitrogens with zero attached hydrogens (tertiary/aromatic N) is 3. The predicted octanol–water partition coefficient (Wildman–Crippen LogP) is 2.16. The molecule has 6 heteroatoms. The van der Waals surface area contributed by atoms with Crippen LogP contribution in [-0.4, -0.2) is 34.2 Å². The van der Waals surface area contributed by atoms with Crippen LogP contribution in [0.3, 0.4) is 0 Å². The largest absolute Gasteiger partial charge is 0.344 e. The summed E-state index contributed by atoms with van der Waals surface area (Å²) in [6.45, 7) is 4.69. The van der Waals surface area contributed by atoms with Crippen LogP contribution >= 0.6 is 0 Å². The molecule has 0 saturated carbocycles. The summed E-state index contributed by atoms with van der Waals surface area (Å²) < 4.78 is 1.67. The zero-order valence-corrected chi connectivity index (χ0v) is 15.6. The first-order chi connectivity index (χ1) is 12.5. The highest BCUT2D eigenvalue weighted by atomic mass is 16.2. The van der Waals surface area contributed by atoms with Crippen LogP contribution in [0.25, 0.3) is 0 Å². The third kappa shape index (κ3) is 3.95. The molecule has 0 aliphatic carbocycles. The van der Waals surface area contributed by atoms with Crippen molar-refractivity contribution in [1.82, 2.24) is 15.1 Å². The molecule has 2 unspecified atom stereocenters. The van der Waals surface area contributed by atoms with Gasteiger partial charge in [0.15, 0.2) is 0 Å². The number of benzene rings is 1. The zero-order valence-electron chi connectivity index (χ0n) is 15.6. The highest BCUT2D eigenvalue weighted by Crippen LogP contribution is 2.22. The minimum absolute atomic E-state index is 0.0461. The van der Waals surface area contributed by atoms with Crippen molar-refractivity contribution >= 4 is 17.5 Å². The van der Waals surface area contributed by atoms with E-state index in [4.69, 9.17) is 0 Å². The molecule has 2 atom stereocenters. The highest BCUT2D eigenvalue weighted by molar-refractivity contribution is 6.01. The van der Waals surface area contributed by atoms with Crippen molar-refractivity contribution in [2.45, 2.75) is 32.7 Å². The van der Waals surface area contributed by atoms with E-state index in [1.807, 2.05) is 57.4 Å². The Morgan fingerprint density at radius 3 is 2.65 bits per heavy atom. The number of carbonyl (C=O) groups is 2. The van der Waals surface area contributed by atoms with E-state index in [0.717, 1.165) is 11.3 Å². The Hall–Kier alpha value is -2.63. The van der Waals surface area contributed by atoms with E-state index in [1.165, 1.54) is 0 Å². The minimum atomic E-state index is -0.459. The quantitative estimate of drug-likeness (QED) is 0.864. The van der Waals surface area contributed by atoms with Gasteiger partial charge < -0.3 is 10.2 Å². The van der Waals surface area contributed by atoms with Crippen LogP contribution in [0.5, 0.6) is 0 Å². The monoisotopic (exact) mass is 354 g/mol. The van der Waals surface area contributed by atoms with Crippen LogP contribution in [0.2, 0.25) is 0 Å². The minimum Gasteiger partial charge on any atom is -0.344 e. The number of hydrogen-bond acceptors (Lipinski definition) is 3. The van der Waals surface area contributed by atoms with Crippen LogP contribution in [0, 0.1) is 11.8 Å². The molecule has 6 nitrogen and oxygen atoms in total. The molecule has 0 radical (unpaired) electrons. The van der Waals surface area contributed by atoms with Gasteiger partial charge in [0.05, 0.1) is 11.9 Å². The molecular formula is C20H26N4O2. The van der Waals surface area contributed by atoms with E-state index in [-0.39, 0.29) is 23.7 Å². The molecular weight excluding hydrogens is 328 g/mol. The molecule has 2 amide bonds. The van der Waals surface area contributed by atoms with E-state index in [0.29, 0.717) is 19.4 Å². The summed E-state index contributed by atoms with van der Waals surface area (Å²) in [5.74, 6) is -0.0670. The molecule has 1 fully saturated rings. The Kier molecular flexibility index (Phi) is 5.40. The van der Waals surface area contributed by atoms with Crippen molar-refractivity contribution < 1.29 is 9.59 Å². The molecule has 1 aromatic heterocycles. The smallest absolute Gasteiger partial charge is 0.249 e. The number of nitrogens with one attached hydrogen (secondary N) is 1. The lowest BCUT2D eigenvalue weighted by molar-refractivity contribution is -0.130. The molecule has 0 spiro atoms. The van der Waals surface area contributed by atoms with Crippen molar-refractivity contribution in [3.05, 3.63) is 48.3 Å². The second kappa shape index (κ2) is 7.72. The number of carbonyl (C=O) groups excluding carboxylic acids is 2. The summed E-state index contributed by atoms with van der Waals surface area (Å²) in [6.07, 6.45) is 4.79. The third-order valence-electron chi connectivity index (χ3n) is 4.96. The highest BCUT2D eigenvalue weighted by Gasteiger charge is 2.35. The summed E-state index contributed by atoms with van der Waals surface area (Å²) in [5.41, 5.74) is 1.91. The van der Waals surface area contributed by atoms with Gasteiger partial charge in [-0.2, -0.15) is 5.10 Å². The van der Waals surface area contributed by atoms with E-state index < -0.39 is 6.04 Å². The van der Waals surface area contributed by atoms with E-state index in [1.54, 1.807) is 15.8 Å². The Labute approximate surface area is 154 Å². The van der Waals surface area contributed by atoms with E-state index in [2.05, 4.69) is 10.4 Å². The molecule has 26 heavy (non-hydrogen) atoms. The Bertz CT molecular complexity index is 769. The average Bonchev–Trinajstić information content (AvgIpc) is 3.19. The van der Waals surface area contributed by atoms with Crippen LogP contribution < -0.4 is 10.2 Å². The summed E-state index contributed by atoms with van der Waals surface area (Å²) in [4.78, 5) is 27.2. The van der Waals surface area contributed by atoms with Gasteiger partial charge in [0.1, 0.15) is 6.04 Å². The third-order valence-corrected chi connectivity index (χ3v) is 4.96. The van der Waals surface area contributed by atoms with Crippen molar-refractivity contribution in [1.29, 1.82) is 0 Å². The molecule has 1 aliphatic rings. The van der Waals surface area contributed by atoms with Crippen LogP contribution in [0.1, 0.15) is 25.8 Å². The van der Waals surface area contributed by atoms with E-state index >= 15 is 0 Å². The fourth-order valence-corrected chi connectivity index (χ4v) is 3.40. The van der Waals surface area contributed by atoms with Crippen LogP contribution in [0.4, 0.5) is 5.69 Å². The van der Waals surface area contributed by atoms with Crippen LogP contribution in [0.15, 0.2) is 42.7 Å². The fourth-order valence-electron chi connectivity index (χ4n) is 3.40. The van der Waals surface area contributed by atoms with Crippen molar-refractivity contribution in [3.8, 4) is 0 Å².